The number of carbonyl (C=O) groups is 1. The zero-order valence-electron chi connectivity index (χ0n) is 12.5. The van der Waals surface area contributed by atoms with E-state index in [1.807, 2.05) is 0 Å². The normalized spacial score (nSPS) is 19.2. The molecule has 0 aromatic carbocycles. The van der Waals surface area contributed by atoms with Gasteiger partial charge in [-0.15, -0.1) is 6.42 Å². The molecule has 0 aliphatic heterocycles. The van der Waals surface area contributed by atoms with Crippen molar-refractivity contribution >= 4 is 28.8 Å². The molecule has 4 heteroatoms. The largest absolute Gasteiger partial charge is 2.00 e. The zero-order chi connectivity index (χ0) is 14.2. The Morgan fingerprint density at radius 2 is 1.65 bits per heavy atom. The van der Waals surface area contributed by atoms with E-state index in [4.69, 9.17) is 12.8 Å². The summed E-state index contributed by atoms with van der Waals surface area (Å²) in [5.74, 6) is 3.59. The number of carbonyl (C=O) groups excluding carboxylic acids is 1. The third-order valence-electron chi connectivity index (χ3n) is 3.87. The molecule has 0 bridgehead atoms. The Bertz CT molecular complexity index is 323. The van der Waals surface area contributed by atoms with Crippen molar-refractivity contribution < 1.29 is 26.9 Å². The third-order valence-corrected chi connectivity index (χ3v) is 3.87. The van der Waals surface area contributed by atoms with E-state index in [1.54, 1.807) is 13.8 Å². The molecule has 0 heterocycles. The van der Waals surface area contributed by atoms with Crippen molar-refractivity contribution in [2.45, 2.75) is 58.0 Å². The molecule has 0 aromatic heterocycles. The summed E-state index contributed by atoms with van der Waals surface area (Å²) in [5, 5.41) is 9.41. The van der Waals surface area contributed by atoms with Crippen molar-refractivity contribution in [1.29, 1.82) is 0 Å². The summed E-state index contributed by atoms with van der Waals surface area (Å²) in [6, 6.07) is 0. The van der Waals surface area contributed by atoms with E-state index in [9.17, 15) is 9.90 Å². The second kappa shape index (κ2) is 12.7. The van der Waals surface area contributed by atoms with Crippen molar-refractivity contribution in [3.8, 4) is 18.8 Å². The van der Waals surface area contributed by atoms with Crippen LogP contribution >= 0.6 is 0 Å². The van der Waals surface area contributed by atoms with Crippen LogP contribution in [0.3, 0.4) is 0 Å². The number of halogens is 1. The third kappa shape index (κ3) is 8.32. The Morgan fingerprint density at radius 3 is 1.70 bits per heavy atom. The van der Waals surface area contributed by atoms with Crippen molar-refractivity contribution in [3.63, 3.8) is 0 Å². The first-order chi connectivity index (χ1) is 8.47. The molecule has 0 saturated heterocycles. The Kier molecular flexibility index (Phi) is 15.9. The van der Waals surface area contributed by atoms with E-state index >= 15 is 0 Å². The smallest absolute Gasteiger partial charge is 1.00 e. The maximum atomic E-state index is 10.4. The van der Waals surface area contributed by atoms with Gasteiger partial charge >= 0.3 is 23.1 Å². The van der Waals surface area contributed by atoms with E-state index in [0.717, 1.165) is 25.7 Å². The Hall–Kier alpha value is -0.00377. The van der Waals surface area contributed by atoms with Crippen molar-refractivity contribution in [1.82, 2.24) is 0 Å². The minimum atomic E-state index is -0.835. The number of hydrogen-bond donors (Lipinski definition) is 1. The fourth-order valence-corrected chi connectivity index (χ4v) is 1.90. The summed E-state index contributed by atoms with van der Waals surface area (Å²) in [4.78, 5) is 10.4. The van der Waals surface area contributed by atoms with Gasteiger partial charge in [0.2, 0.25) is 0 Å². The minimum absolute atomic E-state index is 0. The molecular formula is C16H23BrMgO2. The van der Waals surface area contributed by atoms with Gasteiger partial charge in [-0.3, -0.25) is 4.79 Å². The van der Waals surface area contributed by atoms with Gasteiger partial charge in [-0.1, -0.05) is 18.8 Å². The van der Waals surface area contributed by atoms with E-state index < -0.39 is 5.60 Å². The van der Waals surface area contributed by atoms with Crippen LogP contribution < -0.4 is 17.0 Å². The molecule has 2 rings (SSSR count). The summed E-state index contributed by atoms with van der Waals surface area (Å²) in [5.41, 5.74) is -0.835. The van der Waals surface area contributed by atoms with Gasteiger partial charge in [0.15, 0.2) is 0 Å². The molecule has 2 nitrogen and oxygen atoms in total. The number of Topliss-reactive ketones (excluding diaryl/α,β-unsaturated/α-hetero) is 1. The summed E-state index contributed by atoms with van der Waals surface area (Å²) in [7, 11) is 0. The van der Waals surface area contributed by atoms with Gasteiger partial charge in [-0.25, -0.2) is 0 Å². The number of ketones is 1. The summed E-state index contributed by atoms with van der Waals surface area (Å²) in [6.45, 7) is 3.40. The van der Waals surface area contributed by atoms with Crippen molar-refractivity contribution in [2.75, 3.05) is 0 Å². The first-order valence-electron chi connectivity index (χ1n) is 6.47. The average molecular weight is 352 g/mol. The second-order valence-electron chi connectivity index (χ2n) is 5.16. The number of aliphatic hydroxyl groups is 1. The average Bonchev–Trinajstić information content (AvgIpc) is 2.15. The molecule has 0 spiro atoms. The molecule has 2 aliphatic rings. The standard InChI is InChI=1S/C8H12O.C6H10O.C2H.BrH.Mg/c1-3-8(2,9)7-5-4-6-7;1-5(7)6-3-2-4-6;1-2;;/h1,7,9H,4-6H2,2H3;6H,2-4H2,1H3;1H;1H;/q;;-1;;+2/p-1. The van der Waals surface area contributed by atoms with E-state index in [1.165, 1.54) is 12.8 Å². The summed E-state index contributed by atoms with van der Waals surface area (Å²) in [6.07, 6.45) is 21.1. The van der Waals surface area contributed by atoms with Crippen molar-refractivity contribution in [2.24, 2.45) is 11.8 Å². The van der Waals surface area contributed by atoms with E-state index in [-0.39, 0.29) is 40.0 Å². The SMILES string of the molecule is C#CC(C)(O)C1CCC1.CC(=O)C1CCC1.[Br-].[C-]#C.[Mg+2]. The zero-order valence-corrected chi connectivity index (χ0v) is 15.5. The molecule has 2 aliphatic carbocycles. The van der Waals surface area contributed by atoms with Gasteiger partial charge in [-0.2, -0.15) is 0 Å². The topological polar surface area (TPSA) is 37.3 Å². The molecule has 20 heavy (non-hydrogen) atoms. The van der Waals surface area contributed by atoms with Crippen LogP contribution in [-0.2, 0) is 4.79 Å². The van der Waals surface area contributed by atoms with Crippen molar-refractivity contribution in [3.05, 3.63) is 6.42 Å². The van der Waals surface area contributed by atoms with Crippen LogP contribution in [0, 0.1) is 37.0 Å². The number of rotatable bonds is 2. The molecule has 0 radical (unpaired) electrons. The van der Waals surface area contributed by atoms with Crippen LogP contribution in [0.2, 0.25) is 0 Å². The molecule has 2 saturated carbocycles. The van der Waals surface area contributed by atoms with E-state index in [2.05, 4.69) is 12.3 Å². The fourth-order valence-electron chi connectivity index (χ4n) is 1.90. The maximum Gasteiger partial charge on any atom is 2.00 e. The summed E-state index contributed by atoms with van der Waals surface area (Å²) < 4.78 is 0. The molecule has 2 fully saturated rings. The van der Waals surface area contributed by atoms with Crippen LogP contribution in [0.25, 0.3) is 0 Å². The Balaban J connectivity index is -0.000000240. The van der Waals surface area contributed by atoms with Crippen LogP contribution in [0.1, 0.15) is 52.4 Å². The van der Waals surface area contributed by atoms with Gasteiger partial charge in [0, 0.05) is 5.92 Å². The molecule has 0 amide bonds. The second-order valence-corrected chi connectivity index (χ2v) is 5.16. The van der Waals surface area contributed by atoms with Crippen LogP contribution in [-0.4, -0.2) is 39.5 Å². The molecular weight excluding hydrogens is 328 g/mol. The van der Waals surface area contributed by atoms with Crippen LogP contribution in [0.4, 0.5) is 0 Å². The Labute approximate surface area is 150 Å². The van der Waals surface area contributed by atoms with E-state index in [0.29, 0.717) is 17.6 Å². The van der Waals surface area contributed by atoms with Gasteiger partial charge in [0.05, 0.1) is 0 Å². The van der Waals surface area contributed by atoms with Crippen LogP contribution in [0.5, 0.6) is 0 Å². The first-order valence-corrected chi connectivity index (χ1v) is 6.47. The Morgan fingerprint density at radius 1 is 1.25 bits per heavy atom. The monoisotopic (exact) mass is 350 g/mol. The predicted molar refractivity (Wildman–Crippen MR) is 78.8 cm³/mol. The van der Waals surface area contributed by atoms with Gasteiger partial charge in [0.25, 0.3) is 0 Å². The first kappa shape index (κ1) is 25.0. The molecule has 1 N–H and O–H groups in total. The molecule has 1 unspecified atom stereocenters. The van der Waals surface area contributed by atoms with Gasteiger partial charge in [-0.05, 0) is 45.4 Å². The predicted octanol–water partition coefficient (Wildman–Crippen LogP) is -0.625. The van der Waals surface area contributed by atoms with Gasteiger partial charge in [0.1, 0.15) is 11.4 Å². The minimum Gasteiger partial charge on any atom is -1.00 e. The molecule has 108 valence electrons. The quantitative estimate of drug-likeness (QED) is 0.409. The van der Waals surface area contributed by atoms with Crippen LogP contribution in [0.15, 0.2) is 0 Å². The fraction of sp³-hybridized carbons (Fsp3) is 0.688. The van der Waals surface area contributed by atoms with Gasteiger partial charge < -0.3 is 34.9 Å². The maximum absolute atomic E-state index is 10.4. The summed E-state index contributed by atoms with van der Waals surface area (Å²) >= 11 is 0. The number of hydrogen-bond acceptors (Lipinski definition) is 2. The molecule has 0 aromatic rings. The number of terminal acetylenes is 2. The molecule has 1 atom stereocenters.